The molecule has 0 aliphatic carbocycles. The van der Waals surface area contributed by atoms with Gasteiger partial charge in [-0.15, -0.1) is 0 Å². The molecule has 0 spiro atoms. The topological polar surface area (TPSA) is 55.8 Å². The molecule has 0 atom stereocenters. The predicted molar refractivity (Wildman–Crippen MR) is 70.5 cm³/mol. The van der Waals surface area contributed by atoms with Gasteiger partial charge in [-0.05, 0) is 34.0 Å². The van der Waals surface area contributed by atoms with Crippen LogP contribution < -0.4 is 9.47 Å². The van der Waals surface area contributed by atoms with Crippen LogP contribution in [0, 0.1) is 0 Å². The molecule has 1 aromatic carbocycles. The number of carboxylic acid groups (broad SMARTS) is 1. The monoisotopic (exact) mass is 314 g/mol. The van der Waals surface area contributed by atoms with Gasteiger partial charge in [0.1, 0.15) is 0 Å². The smallest absolute Gasteiger partial charge is 0.307 e. The molecule has 1 N–H and O–H groups in total. The van der Waals surface area contributed by atoms with Crippen molar-refractivity contribution in [2.75, 3.05) is 13.2 Å². The maximum Gasteiger partial charge on any atom is 0.307 e. The van der Waals surface area contributed by atoms with E-state index in [0.717, 1.165) is 28.4 Å². The van der Waals surface area contributed by atoms with Gasteiger partial charge in [0.05, 0.1) is 24.1 Å². The van der Waals surface area contributed by atoms with Crippen LogP contribution in [0.4, 0.5) is 0 Å². The third-order valence-electron chi connectivity index (χ3n) is 2.86. The highest BCUT2D eigenvalue weighted by molar-refractivity contribution is 9.10. The Morgan fingerprint density at radius 1 is 1.39 bits per heavy atom. The molecule has 4 nitrogen and oxygen atoms in total. The van der Waals surface area contributed by atoms with Crippen LogP contribution in [0.5, 0.6) is 11.5 Å². The number of fused-ring (bicyclic) bond motifs is 1. The fourth-order valence-electron chi connectivity index (χ4n) is 2.10. The lowest BCUT2D eigenvalue weighted by molar-refractivity contribution is -0.136. The normalized spacial score (nSPS) is 14.1. The molecule has 0 aromatic heterocycles. The quantitative estimate of drug-likeness (QED) is 0.932. The lowest BCUT2D eigenvalue weighted by Gasteiger charge is -2.16. The van der Waals surface area contributed by atoms with Crippen molar-refractivity contribution in [1.82, 2.24) is 0 Å². The summed E-state index contributed by atoms with van der Waals surface area (Å²) in [6, 6.07) is 1.82. The van der Waals surface area contributed by atoms with E-state index in [2.05, 4.69) is 15.9 Å². The van der Waals surface area contributed by atoms with E-state index in [1.807, 2.05) is 13.0 Å². The fraction of sp³-hybridized carbons (Fsp3) is 0.462. The van der Waals surface area contributed by atoms with Gasteiger partial charge in [0, 0.05) is 12.0 Å². The van der Waals surface area contributed by atoms with E-state index in [0.29, 0.717) is 24.7 Å². The number of hydrogen-bond acceptors (Lipinski definition) is 3. The molecular weight excluding hydrogens is 300 g/mol. The number of ether oxygens (including phenoxy) is 2. The van der Waals surface area contributed by atoms with Crippen LogP contribution in [-0.2, 0) is 17.6 Å². The second kappa shape index (κ2) is 5.61. The van der Waals surface area contributed by atoms with E-state index in [4.69, 9.17) is 14.6 Å². The lowest BCUT2D eigenvalue weighted by Crippen LogP contribution is -2.06. The zero-order valence-electron chi connectivity index (χ0n) is 10.2. The SMILES string of the molecule is CCc1c(CC(=O)O)cc(Br)c2c1OCCCO2. The summed E-state index contributed by atoms with van der Waals surface area (Å²) in [4.78, 5) is 10.9. The van der Waals surface area contributed by atoms with E-state index in [1.165, 1.54) is 0 Å². The summed E-state index contributed by atoms with van der Waals surface area (Å²) in [7, 11) is 0. The highest BCUT2D eigenvalue weighted by atomic mass is 79.9. The van der Waals surface area contributed by atoms with E-state index >= 15 is 0 Å². The van der Waals surface area contributed by atoms with Gasteiger partial charge < -0.3 is 14.6 Å². The van der Waals surface area contributed by atoms with E-state index in [1.54, 1.807) is 0 Å². The van der Waals surface area contributed by atoms with Crippen molar-refractivity contribution in [3.63, 3.8) is 0 Å². The van der Waals surface area contributed by atoms with Gasteiger partial charge in [0.2, 0.25) is 0 Å². The van der Waals surface area contributed by atoms with Gasteiger partial charge in [-0.25, -0.2) is 0 Å². The number of benzene rings is 1. The first-order chi connectivity index (χ1) is 8.63. The number of aliphatic carboxylic acids is 1. The van der Waals surface area contributed by atoms with Crippen molar-refractivity contribution in [1.29, 1.82) is 0 Å². The molecule has 2 rings (SSSR count). The van der Waals surface area contributed by atoms with E-state index < -0.39 is 5.97 Å². The molecular formula is C13H15BrO4. The Kier molecular flexibility index (Phi) is 4.11. The van der Waals surface area contributed by atoms with Gasteiger partial charge in [0.25, 0.3) is 0 Å². The number of rotatable bonds is 3. The molecule has 0 saturated carbocycles. The zero-order chi connectivity index (χ0) is 13.1. The molecule has 1 aromatic rings. The molecule has 18 heavy (non-hydrogen) atoms. The minimum absolute atomic E-state index is 0.00157. The highest BCUT2D eigenvalue weighted by Gasteiger charge is 2.21. The molecule has 1 aliphatic rings. The van der Waals surface area contributed by atoms with Crippen LogP contribution in [0.1, 0.15) is 24.5 Å². The van der Waals surface area contributed by atoms with Gasteiger partial charge in [-0.2, -0.15) is 0 Å². The standard InChI is InChI=1S/C13H15BrO4/c1-2-9-8(7-11(15)16)6-10(14)13-12(9)17-4-3-5-18-13/h6H,2-5,7H2,1H3,(H,15,16). The molecule has 1 aliphatic heterocycles. The third-order valence-corrected chi connectivity index (χ3v) is 3.45. The molecule has 0 unspecified atom stereocenters. The number of hydrogen-bond donors (Lipinski definition) is 1. The first-order valence-electron chi connectivity index (χ1n) is 5.95. The van der Waals surface area contributed by atoms with Gasteiger partial charge >= 0.3 is 5.97 Å². The predicted octanol–water partition coefficient (Wildman–Crippen LogP) is 2.80. The Bertz CT molecular complexity index is 471. The second-order valence-electron chi connectivity index (χ2n) is 4.13. The number of carboxylic acids is 1. The summed E-state index contributed by atoms with van der Waals surface area (Å²) >= 11 is 3.42. The Labute approximate surface area is 114 Å². The molecule has 5 heteroatoms. The van der Waals surface area contributed by atoms with Crippen LogP contribution in [0.2, 0.25) is 0 Å². The summed E-state index contributed by atoms with van der Waals surface area (Å²) in [5.74, 6) is 0.546. The van der Waals surface area contributed by atoms with Crippen LogP contribution in [0.25, 0.3) is 0 Å². The maximum atomic E-state index is 10.9. The number of halogens is 1. The summed E-state index contributed by atoms with van der Waals surface area (Å²) in [5.41, 5.74) is 1.71. The highest BCUT2D eigenvalue weighted by Crippen LogP contribution is 2.42. The number of carbonyl (C=O) groups is 1. The molecule has 0 amide bonds. The third kappa shape index (κ3) is 2.61. The second-order valence-corrected chi connectivity index (χ2v) is 4.98. The first-order valence-corrected chi connectivity index (χ1v) is 6.74. The summed E-state index contributed by atoms with van der Waals surface area (Å²) < 4.78 is 12.1. The lowest BCUT2D eigenvalue weighted by atomic mass is 10.0. The van der Waals surface area contributed by atoms with Crippen LogP contribution >= 0.6 is 15.9 Å². The van der Waals surface area contributed by atoms with Crippen molar-refractivity contribution in [2.24, 2.45) is 0 Å². The Morgan fingerprint density at radius 2 is 2.06 bits per heavy atom. The molecule has 0 fully saturated rings. The fourth-order valence-corrected chi connectivity index (χ4v) is 2.67. The minimum atomic E-state index is -0.842. The van der Waals surface area contributed by atoms with Crippen molar-refractivity contribution in [3.05, 3.63) is 21.7 Å². The molecule has 0 saturated heterocycles. The Balaban J connectivity index is 2.53. The average molecular weight is 315 g/mol. The Hall–Kier alpha value is -1.23. The molecule has 0 bridgehead atoms. The van der Waals surface area contributed by atoms with Gasteiger partial charge in [-0.3, -0.25) is 4.79 Å². The van der Waals surface area contributed by atoms with E-state index in [9.17, 15) is 4.79 Å². The van der Waals surface area contributed by atoms with E-state index in [-0.39, 0.29) is 6.42 Å². The van der Waals surface area contributed by atoms with Crippen molar-refractivity contribution in [2.45, 2.75) is 26.2 Å². The molecule has 1 heterocycles. The van der Waals surface area contributed by atoms with Gasteiger partial charge in [0.15, 0.2) is 11.5 Å². The van der Waals surface area contributed by atoms with Crippen LogP contribution in [0.3, 0.4) is 0 Å². The van der Waals surface area contributed by atoms with Crippen molar-refractivity contribution < 1.29 is 19.4 Å². The molecule has 0 radical (unpaired) electrons. The van der Waals surface area contributed by atoms with Crippen LogP contribution in [-0.4, -0.2) is 24.3 Å². The zero-order valence-corrected chi connectivity index (χ0v) is 11.7. The Morgan fingerprint density at radius 3 is 2.67 bits per heavy atom. The summed E-state index contributed by atoms with van der Waals surface area (Å²) in [5, 5.41) is 8.95. The average Bonchev–Trinajstić information content (AvgIpc) is 2.54. The summed E-state index contributed by atoms with van der Waals surface area (Å²) in [6.07, 6.45) is 1.55. The summed E-state index contributed by atoms with van der Waals surface area (Å²) in [6.45, 7) is 3.21. The minimum Gasteiger partial charge on any atom is -0.489 e. The van der Waals surface area contributed by atoms with Crippen molar-refractivity contribution >= 4 is 21.9 Å². The largest absolute Gasteiger partial charge is 0.489 e. The van der Waals surface area contributed by atoms with Crippen molar-refractivity contribution in [3.8, 4) is 11.5 Å². The first kappa shape index (κ1) is 13.2. The van der Waals surface area contributed by atoms with Gasteiger partial charge in [-0.1, -0.05) is 6.92 Å². The maximum absolute atomic E-state index is 10.9. The molecule has 98 valence electrons. The van der Waals surface area contributed by atoms with Crippen LogP contribution in [0.15, 0.2) is 10.5 Å².